The monoisotopic (exact) mass is 431 g/mol. The van der Waals surface area contributed by atoms with E-state index in [9.17, 15) is 9.59 Å². The average Bonchev–Trinajstić information content (AvgIpc) is 2.81. The number of nitrogens with zero attached hydrogens (tertiary/aromatic N) is 1. The van der Waals surface area contributed by atoms with Crippen molar-refractivity contribution in [1.29, 1.82) is 0 Å². The van der Waals surface area contributed by atoms with E-state index in [1.807, 2.05) is 87.5 Å². The fraction of sp³-hybridized carbons (Fsp3) is 0.231. The van der Waals surface area contributed by atoms with Crippen LogP contribution in [0.3, 0.4) is 0 Å². The van der Waals surface area contributed by atoms with Gasteiger partial charge in [0.25, 0.3) is 11.8 Å². The van der Waals surface area contributed by atoms with Gasteiger partial charge in [0.2, 0.25) is 0 Å². The van der Waals surface area contributed by atoms with Crippen LogP contribution in [0.15, 0.2) is 72.8 Å². The van der Waals surface area contributed by atoms with E-state index < -0.39 is 6.04 Å². The molecule has 166 valence electrons. The number of aryl methyl sites for hydroxylation is 2. The molecule has 1 unspecified atom stereocenters. The summed E-state index contributed by atoms with van der Waals surface area (Å²) in [5, 5.41) is 4.46. The van der Waals surface area contributed by atoms with Gasteiger partial charge in [-0.3, -0.25) is 20.0 Å². The average molecular weight is 432 g/mol. The highest BCUT2D eigenvalue weighted by Crippen LogP contribution is 2.22. The van der Waals surface area contributed by atoms with E-state index in [0.29, 0.717) is 12.1 Å². The number of methoxy groups -OCH3 is 1. The van der Waals surface area contributed by atoms with Gasteiger partial charge in [-0.05, 0) is 68.3 Å². The second-order valence-corrected chi connectivity index (χ2v) is 7.56. The highest BCUT2D eigenvalue weighted by atomic mass is 16.5. The molecule has 0 bridgehead atoms. The van der Waals surface area contributed by atoms with Gasteiger partial charge in [-0.1, -0.05) is 42.0 Å². The maximum Gasteiger partial charge on any atom is 0.268 e. The summed E-state index contributed by atoms with van der Waals surface area (Å²) in [5.41, 5.74) is 7.07. The van der Waals surface area contributed by atoms with E-state index in [1.165, 1.54) is 5.01 Å². The van der Waals surface area contributed by atoms with Crippen LogP contribution in [0.2, 0.25) is 0 Å². The highest BCUT2D eigenvalue weighted by Gasteiger charge is 2.28. The third-order valence-corrected chi connectivity index (χ3v) is 5.24. The second kappa shape index (κ2) is 10.5. The van der Waals surface area contributed by atoms with Gasteiger partial charge in [0.1, 0.15) is 11.8 Å². The zero-order valence-corrected chi connectivity index (χ0v) is 18.9. The molecular weight excluding hydrogens is 402 g/mol. The van der Waals surface area contributed by atoms with Crippen molar-refractivity contribution < 1.29 is 14.3 Å². The first kappa shape index (κ1) is 22.9. The van der Waals surface area contributed by atoms with Gasteiger partial charge in [-0.15, -0.1) is 0 Å². The Morgan fingerprint density at radius 2 is 1.69 bits per heavy atom. The fourth-order valence-corrected chi connectivity index (χ4v) is 3.45. The number of hydrazine groups is 1. The van der Waals surface area contributed by atoms with E-state index in [1.54, 1.807) is 13.2 Å². The number of rotatable bonds is 8. The first-order valence-corrected chi connectivity index (χ1v) is 10.6. The molecule has 0 aliphatic rings. The maximum absolute atomic E-state index is 13.6. The van der Waals surface area contributed by atoms with Crippen LogP contribution in [0.4, 0.5) is 5.69 Å². The normalized spacial score (nSPS) is 11.4. The zero-order valence-electron chi connectivity index (χ0n) is 18.9. The van der Waals surface area contributed by atoms with Crippen LogP contribution in [-0.2, 0) is 4.79 Å². The van der Waals surface area contributed by atoms with Crippen LogP contribution < -0.4 is 15.5 Å². The Balaban J connectivity index is 1.89. The SMILES string of the molecule is CCN(Nc1ccc(OC)cc1)C(=O)C(NC(=O)c1cccc(C)c1)c1ccccc1C. The van der Waals surface area contributed by atoms with Crippen LogP contribution in [0, 0.1) is 13.8 Å². The number of likely N-dealkylation sites (N-methyl/N-ethyl adjacent to an activating group) is 1. The standard InChI is InChI=1S/C26H29N3O3/c1-5-29(28-21-13-15-22(32-4)16-14-21)26(31)24(23-12-7-6-10-19(23)3)27-25(30)20-11-8-9-18(2)17-20/h6-17,24,28H,5H2,1-4H3,(H,27,30). The number of ether oxygens (including phenoxy) is 1. The summed E-state index contributed by atoms with van der Waals surface area (Å²) >= 11 is 0. The Morgan fingerprint density at radius 1 is 0.969 bits per heavy atom. The second-order valence-electron chi connectivity index (χ2n) is 7.56. The number of anilines is 1. The number of hydrogen-bond donors (Lipinski definition) is 2. The van der Waals surface area contributed by atoms with Crippen molar-refractivity contribution in [2.45, 2.75) is 26.8 Å². The number of hydrogen-bond acceptors (Lipinski definition) is 4. The third-order valence-electron chi connectivity index (χ3n) is 5.24. The molecule has 2 N–H and O–H groups in total. The molecule has 3 aromatic rings. The Morgan fingerprint density at radius 3 is 2.31 bits per heavy atom. The van der Waals surface area contributed by atoms with E-state index in [2.05, 4.69) is 10.7 Å². The van der Waals surface area contributed by atoms with E-state index in [4.69, 9.17) is 4.74 Å². The van der Waals surface area contributed by atoms with Gasteiger partial charge in [0.15, 0.2) is 0 Å². The quantitative estimate of drug-likeness (QED) is 0.509. The molecule has 1 atom stereocenters. The topological polar surface area (TPSA) is 70.7 Å². The third kappa shape index (κ3) is 5.46. The summed E-state index contributed by atoms with van der Waals surface area (Å²) in [6.45, 7) is 6.15. The molecular formula is C26H29N3O3. The molecule has 0 spiro atoms. The molecule has 0 heterocycles. The lowest BCUT2D eigenvalue weighted by Gasteiger charge is -2.29. The number of amides is 2. The largest absolute Gasteiger partial charge is 0.497 e. The lowest BCUT2D eigenvalue weighted by molar-refractivity contribution is -0.131. The molecule has 6 nitrogen and oxygen atoms in total. The first-order chi connectivity index (χ1) is 15.4. The number of nitrogens with one attached hydrogen (secondary N) is 2. The van der Waals surface area contributed by atoms with Gasteiger partial charge in [0.05, 0.1) is 12.8 Å². The van der Waals surface area contributed by atoms with Crippen molar-refractivity contribution in [2.24, 2.45) is 0 Å². The minimum atomic E-state index is -0.838. The minimum absolute atomic E-state index is 0.251. The van der Waals surface area contributed by atoms with E-state index in [-0.39, 0.29) is 11.8 Å². The summed E-state index contributed by atoms with van der Waals surface area (Å²) in [5.74, 6) is 0.183. The number of carbonyl (C=O) groups excluding carboxylic acids is 2. The predicted molar refractivity (Wildman–Crippen MR) is 127 cm³/mol. The van der Waals surface area contributed by atoms with Gasteiger partial charge < -0.3 is 10.1 Å². The smallest absolute Gasteiger partial charge is 0.268 e. The van der Waals surface area contributed by atoms with E-state index >= 15 is 0 Å². The van der Waals surface area contributed by atoms with Crippen LogP contribution >= 0.6 is 0 Å². The van der Waals surface area contributed by atoms with Crippen molar-refractivity contribution in [3.8, 4) is 5.75 Å². The predicted octanol–water partition coefficient (Wildman–Crippen LogP) is 4.66. The summed E-state index contributed by atoms with van der Waals surface area (Å²) in [6.07, 6.45) is 0. The molecule has 3 aromatic carbocycles. The Kier molecular flexibility index (Phi) is 7.49. The molecule has 0 radical (unpaired) electrons. The van der Waals surface area contributed by atoms with Crippen LogP contribution in [0.1, 0.15) is 40.0 Å². The van der Waals surface area contributed by atoms with Crippen molar-refractivity contribution in [3.63, 3.8) is 0 Å². The molecule has 6 heteroatoms. The summed E-state index contributed by atoms with van der Waals surface area (Å²) in [6, 6.07) is 21.4. The highest BCUT2D eigenvalue weighted by molar-refractivity contribution is 5.98. The molecule has 0 aliphatic heterocycles. The molecule has 0 aromatic heterocycles. The van der Waals surface area contributed by atoms with Crippen molar-refractivity contribution >= 4 is 17.5 Å². The van der Waals surface area contributed by atoms with Gasteiger partial charge in [-0.2, -0.15) is 0 Å². The van der Waals surface area contributed by atoms with Crippen molar-refractivity contribution in [2.75, 3.05) is 19.1 Å². The maximum atomic E-state index is 13.6. The Labute approximate surface area is 189 Å². The lowest BCUT2D eigenvalue weighted by Crippen LogP contribution is -2.45. The lowest BCUT2D eigenvalue weighted by atomic mass is 9.99. The zero-order chi connectivity index (χ0) is 23.1. The molecule has 0 saturated carbocycles. The van der Waals surface area contributed by atoms with E-state index in [0.717, 1.165) is 28.1 Å². The van der Waals surface area contributed by atoms with Gasteiger partial charge in [0, 0.05) is 12.1 Å². The van der Waals surface area contributed by atoms with Gasteiger partial charge in [-0.25, -0.2) is 0 Å². The summed E-state index contributed by atoms with van der Waals surface area (Å²) in [7, 11) is 1.61. The minimum Gasteiger partial charge on any atom is -0.497 e. The molecule has 2 amide bonds. The van der Waals surface area contributed by atoms with Crippen molar-refractivity contribution in [3.05, 3.63) is 95.1 Å². The fourth-order valence-electron chi connectivity index (χ4n) is 3.45. The van der Waals surface area contributed by atoms with Crippen LogP contribution in [0.5, 0.6) is 5.75 Å². The van der Waals surface area contributed by atoms with Crippen molar-refractivity contribution in [1.82, 2.24) is 10.3 Å². The molecule has 0 aliphatic carbocycles. The van der Waals surface area contributed by atoms with Crippen LogP contribution in [0.25, 0.3) is 0 Å². The van der Waals surface area contributed by atoms with Gasteiger partial charge >= 0.3 is 0 Å². The molecule has 0 saturated heterocycles. The summed E-state index contributed by atoms with van der Waals surface area (Å²) in [4.78, 5) is 26.6. The molecule has 32 heavy (non-hydrogen) atoms. The Hall–Kier alpha value is -3.80. The van der Waals surface area contributed by atoms with Crippen LogP contribution in [-0.4, -0.2) is 30.5 Å². The Bertz CT molecular complexity index is 1080. The first-order valence-electron chi connectivity index (χ1n) is 10.6. The summed E-state index contributed by atoms with van der Waals surface area (Å²) < 4.78 is 5.20. The number of carbonyl (C=O) groups is 2. The number of benzene rings is 3. The molecule has 3 rings (SSSR count). The molecule has 0 fully saturated rings.